The van der Waals surface area contributed by atoms with Crippen molar-refractivity contribution in [3.05, 3.63) is 16.5 Å². The maximum atomic E-state index is 12.5. The maximum absolute atomic E-state index is 12.5. The van der Waals surface area contributed by atoms with Crippen LogP contribution in [-0.4, -0.2) is 36.5 Å². The highest BCUT2D eigenvalue weighted by Gasteiger charge is 2.36. The van der Waals surface area contributed by atoms with Crippen LogP contribution in [0.15, 0.2) is 16.3 Å². The largest absolute Gasteiger partial charge is 0.392 e. The number of nitrogens with zero attached hydrogens (tertiary/aromatic N) is 1. The van der Waals surface area contributed by atoms with Gasteiger partial charge >= 0.3 is 0 Å². The van der Waals surface area contributed by atoms with Gasteiger partial charge < -0.3 is 5.11 Å². The quantitative estimate of drug-likeness (QED) is 0.932. The summed E-state index contributed by atoms with van der Waals surface area (Å²) in [5.74, 6) is 0. The van der Waals surface area contributed by atoms with Gasteiger partial charge in [0.15, 0.2) is 0 Å². The van der Waals surface area contributed by atoms with Gasteiger partial charge in [-0.1, -0.05) is 18.0 Å². The summed E-state index contributed by atoms with van der Waals surface area (Å²) in [6.07, 6.45) is 1.83. The Morgan fingerprint density at radius 1 is 1.50 bits per heavy atom. The van der Waals surface area contributed by atoms with Crippen molar-refractivity contribution in [3.63, 3.8) is 0 Å². The van der Waals surface area contributed by atoms with E-state index in [0.717, 1.165) is 24.2 Å². The molecule has 2 rings (SSSR count). The van der Waals surface area contributed by atoms with Crippen LogP contribution in [0.5, 0.6) is 0 Å². The number of thiophene rings is 1. The van der Waals surface area contributed by atoms with Crippen LogP contribution in [0.2, 0.25) is 4.34 Å². The van der Waals surface area contributed by atoms with Crippen LogP contribution < -0.4 is 0 Å². The summed E-state index contributed by atoms with van der Waals surface area (Å²) in [6.45, 7) is 2.10. The fraction of sp³-hybridized carbons (Fsp3) is 0.636. The van der Waals surface area contributed by atoms with Gasteiger partial charge in [-0.15, -0.1) is 11.3 Å². The summed E-state index contributed by atoms with van der Waals surface area (Å²) in [7, 11) is -3.53. The third-order valence-electron chi connectivity index (χ3n) is 3.17. The number of aliphatic hydroxyl groups is 1. The molecule has 4 nitrogen and oxygen atoms in total. The molecule has 1 saturated heterocycles. The molecule has 18 heavy (non-hydrogen) atoms. The Morgan fingerprint density at radius 3 is 2.78 bits per heavy atom. The Balaban J connectivity index is 2.33. The summed E-state index contributed by atoms with van der Waals surface area (Å²) < 4.78 is 27.1. The summed E-state index contributed by atoms with van der Waals surface area (Å²) in [5, 5.41) is 9.73. The Hall–Kier alpha value is -0.140. The van der Waals surface area contributed by atoms with Gasteiger partial charge in [0.2, 0.25) is 0 Å². The Kier molecular flexibility index (Phi) is 4.33. The minimum Gasteiger partial charge on any atom is -0.392 e. The smallest absolute Gasteiger partial charge is 0.252 e. The first-order valence-electron chi connectivity index (χ1n) is 5.88. The molecule has 102 valence electrons. The van der Waals surface area contributed by atoms with Crippen molar-refractivity contribution in [2.45, 2.75) is 42.5 Å². The SMILES string of the molecule is CC(O)C1CCCCN1S(=O)(=O)c1ccc(Cl)s1. The number of rotatable bonds is 3. The highest BCUT2D eigenvalue weighted by molar-refractivity contribution is 7.91. The molecule has 0 radical (unpaired) electrons. The highest BCUT2D eigenvalue weighted by Crippen LogP contribution is 2.32. The third kappa shape index (κ3) is 2.72. The van der Waals surface area contributed by atoms with E-state index in [2.05, 4.69) is 0 Å². The molecule has 2 heterocycles. The fourth-order valence-electron chi connectivity index (χ4n) is 2.26. The Labute approximate surface area is 116 Å². The van der Waals surface area contributed by atoms with E-state index >= 15 is 0 Å². The highest BCUT2D eigenvalue weighted by atomic mass is 35.5. The van der Waals surface area contributed by atoms with Crippen molar-refractivity contribution in [2.24, 2.45) is 0 Å². The van der Waals surface area contributed by atoms with Gasteiger partial charge in [0, 0.05) is 6.54 Å². The Bertz CT molecular complexity index is 512. The van der Waals surface area contributed by atoms with Gasteiger partial charge in [-0.05, 0) is 31.9 Å². The number of hydrogen-bond acceptors (Lipinski definition) is 4. The number of hydrogen-bond donors (Lipinski definition) is 1. The van der Waals surface area contributed by atoms with E-state index < -0.39 is 16.1 Å². The fourth-order valence-corrected chi connectivity index (χ4v) is 5.63. The third-order valence-corrected chi connectivity index (χ3v) is 6.79. The van der Waals surface area contributed by atoms with E-state index in [1.165, 1.54) is 10.4 Å². The first-order chi connectivity index (χ1) is 8.43. The number of sulfonamides is 1. The zero-order valence-electron chi connectivity index (χ0n) is 10.0. The lowest BCUT2D eigenvalue weighted by Gasteiger charge is -2.35. The molecule has 0 bridgehead atoms. The molecule has 0 aromatic carbocycles. The lowest BCUT2D eigenvalue weighted by atomic mass is 10.0. The number of aliphatic hydroxyl groups excluding tert-OH is 1. The second kappa shape index (κ2) is 5.46. The van der Waals surface area contributed by atoms with Crippen molar-refractivity contribution in [1.29, 1.82) is 0 Å². The zero-order chi connectivity index (χ0) is 13.3. The molecule has 2 unspecified atom stereocenters. The summed E-state index contributed by atoms with van der Waals surface area (Å²) in [5.41, 5.74) is 0. The average Bonchev–Trinajstić information content (AvgIpc) is 2.76. The summed E-state index contributed by atoms with van der Waals surface area (Å²) >= 11 is 6.85. The molecule has 2 atom stereocenters. The van der Waals surface area contributed by atoms with Gasteiger partial charge in [0.25, 0.3) is 10.0 Å². The van der Waals surface area contributed by atoms with Crippen LogP contribution in [0.4, 0.5) is 0 Å². The summed E-state index contributed by atoms with van der Waals surface area (Å²) in [6, 6.07) is 2.78. The predicted molar refractivity (Wildman–Crippen MR) is 72.5 cm³/mol. The van der Waals surface area contributed by atoms with E-state index in [0.29, 0.717) is 17.3 Å². The van der Waals surface area contributed by atoms with Gasteiger partial charge in [0.05, 0.1) is 16.5 Å². The second-order valence-corrected chi connectivity index (χ2v) is 8.31. The molecular weight excluding hydrogens is 294 g/mol. The minimum atomic E-state index is -3.53. The summed E-state index contributed by atoms with van der Waals surface area (Å²) in [4.78, 5) is 0. The van der Waals surface area contributed by atoms with E-state index in [1.807, 2.05) is 0 Å². The second-order valence-electron chi connectivity index (χ2n) is 4.48. The monoisotopic (exact) mass is 309 g/mol. The van der Waals surface area contributed by atoms with Gasteiger partial charge in [-0.25, -0.2) is 8.42 Å². The normalized spacial score (nSPS) is 24.1. The molecule has 1 aromatic heterocycles. The van der Waals surface area contributed by atoms with Crippen LogP contribution in [0.1, 0.15) is 26.2 Å². The van der Waals surface area contributed by atoms with Crippen molar-refractivity contribution in [1.82, 2.24) is 4.31 Å². The topological polar surface area (TPSA) is 57.6 Å². The lowest BCUT2D eigenvalue weighted by molar-refractivity contribution is 0.0832. The van der Waals surface area contributed by atoms with E-state index in [4.69, 9.17) is 11.6 Å². The molecule has 7 heteroatoms. The van der Waals surface area contributed by atoms with E-state index in [9.17, 15) is 13.5 Å². The molecule has 1 aliphatic heterocycles. The van der Waals surface area contributed by atoms with Crippen LogP contribution in [0, 0.1) is 0 Å². The number of piperidine rings is 1. The molecular formula is C11H16ClNO3S2. The van der Waals surface area contributed by atoms with Crippen molar-refractivity contribution >= 4 is 33.0 Å². The van der Waals surface area contributed by atoms with Crippen LogP contribution in [0.3, 0.4) is 0 Å². The van der Waals surface area contributed by atoms with E-state index in [1.54, 1.807) is 13.0 Å². The van der Waals surface area contributed by atoms with Crippen LogP contribution in [0.25, 0.3) is 0 Å². The van der Waals surface area contributed by atoms with Crippen molar-refractivity contribution in [2.75, 3.05) is 6.54 Å². The predicted octanol–water partition coefficient (Wildman–Crippen LogP) is 2.33. The zero-order valence-corrected chi connectivity index (χ0v) is 12.4. The van der Waals surface area contributed by atoms with E-state index in [-0.39, 0.29) is 10.3 Å². The first-order valence-corrected chi connectivity index (χ1v) is 8.51. The molecule has 1 aromatic rings. The first kappa shape index (κ1) is 14.3. The minimum absolute atomic E-state index is 0.250. The van der Waals surface area contributed by atoms with Crippen LogP contribution >= 0.6 is 22.9 Å². The van der Waals surface area contributed by atoms with Gasteiger partial charge in [-0.2, -0.15) is 4.31 Å². The molecule has 1 N–H and O–H groups in total. The standard InChI is InChI=1S/C11H16ClNO3S2/c1-8(14)9-4-2-3-7-13(9)18(15,16)11-6-5-10(12)17-11/h5-6,8-9,14H,2-4,7H2,1H3. The molecule has 1 aliphatic rings. The molecule has 0 amide bonds. The lowest BCUT2D eigenvalue weighted by Crippen LogP contribution is -2.48. The van der Waals surface area contributed by atoms with Crippen LogP contribution in [-0.2, 0) is 10.0 Å². The molecule has 1 fully saturated rings. The average molecular weight is 310 g/mol. The number of halogens is 1. The molecule has 0 saturated carbocycles. The van der Waals surface area contributed by atoms with Crippen molar-refractivity contribution in [3.8, 4) is 0 Å². The molecule has 0 spiro atoms. The van der Waals surface area contributed by atoms with Gasteiger partial charge in [0.1, 0.15) is 4.21 Å². The molecule has 0 aliphatic carbocycles. The van der Waals surface area contributed by atoms with Crippen molar-refractivity contribution < 1.29 is 13.5 Å². The maximum Gasteiger partial charge on any atom is 0.252 e. The Morgan fingerprint density at radius 2 is 2.22 bits per heavy atom. The van der Waals surface area contributed by atoms with Gasteiger partial charge in [-0.3, -0.25) is 0 Å².